The van der Waals surface area contributed by atoms with E-state index in [1.807, 2.05) is 66.7 Å². The zero-order valence-electron chi connectivity index (χ0n) is 17.7. The van der Waals surface area contributed by atoms with E-state index < -0.39 is 5.41 Å². The van der Waals surface area contributed by atoms with Crippen LogP contribution in [-0.4, -0.2) is 21.8 Å². The van der Waals surface area contributed by atoms with Gasteiger partial charge in [0.25, 0.3) is 5.91 Å². The summed E-state index contributed by atoms with van der Waals surface area (Å²) in [5.41, 5.74) is 5.55. The number of anilines is 2. The summed E-state index contributed by atoms with van der Waals surface area (Å²) in [7, 11) is 0. The van der Waals surface area contributed by atoms with E-state index in [9.17, 15) is 9.59 Å². The first-order chi connectivity index (χ1) is 16.1. The smallest absolute Gasteiger partial charge is 0.255 e. The van der Waals surface area contributed by atoms with Crippen molar-refractivity contribution >= 4 is 23.3 Å². The second-order valence-corrected chi connectivity index (χ2v) is 8.56. The highest BCUT2D eigenvalue weighted by molar-refractivity contribution is 6.07. The topological polar surface area (TPSA) is 84.0 Å². The van der Waals surface area contributed by atoms with Crippen LogP contribution in [0, 0.1) is 0 Å². The van der Waals surface area contributed by atoms with Crippen molar-refractivity contribution in [3.05, 3.63) is 108 Å². The third-order valence-electron chi connectivity index (χ3n) is 6.55. The number of carbonyl (C=O) groups is 2. The Morgan fingerprint density at radius 3 is 2.64 bits per heavy atom. The number of amides is 2. The van der Waals surface area contributed by atoms with Crippen LogP contribution < -0.4 is 10.6 Å². The number of carbonyl (C=O) groups excluding carboxylic acids is 2. The molecule has 2 aliphatic rings. The molecule has 0 saturated carbocycles. The molecule has 160 valence electrons. The predicted octanol–water partition coefficient (Wildman–Crippen LogP) is 4.38. The van der Waals surface area contributed by atoms with Crippen molar-refractivity contribution in [3.63, 3.8) is 0 Å². The SMILES string of the molecule is O=C(Nc1cncc(-c2ccccc2)c1)c1ccc2c(c1)CC1(C2)C(=O)Nc2ncccc21. The highest BCUT2D eigenvalue weighted by atomic mass is 16.2. The van der Waals surface area contributed by atoms with E-state index in [1.54, 1.807) is 18.6 Å². The summed E-state index contributed by atoms with van der Waals surface area (Å²) in [6.45, 7) is 0. The molecule has 4 aromatic rings. The Morgan fingerprint density at radius 1 is 0.909 bits per heavy atom. The van der Waals surface area contributed by atoms with Crippen LogP contribution >= 0.6 is 0 Å². The van der Waals surface area contributed by atoms with Gasteiger partial charge in [-0.2, -0.15) is 0 Å². The minimum absolute atomic E-state index is 0.0257. The molecule has 33 heavy (non-hydrogen) atoms. The van der Waals surface area contributed by atoms with Crippen molar-refractivity contribution in [2.75, 3.05) is 10.6 Å². The van der Waals surface area contributed by atoms with Gasteiger partial charge in [-0.1, -0.05) is 42.5 Å². The van der Waals surface area contributed by atoms with Crippen LogP contribution in [0.25, 0.3) is 11.1 Å². The van der Waals surface area contributed by atoms with Gasteiger partial charge in [0.05, 0.1) is 17.3 Å². The lowest BCUT2D eigenvalue weighted by Gasteiger charge is -2.20. The third kappa shape index (κ3) is 3.19. The van der Waals surface area contributed by atoms with Crippen molar-refractivity contribution in [1.29, 1.82) is 0 Å². The lowest BCUT2D eigenvalue weighted by molar-refractivity contribution is -0.120. The van der Waals surface area contributed by atoms with Gasteiger partial charge in [-0.25, -0.2) is 4.98 Å². The Hall–Kier alpha value is -4.32. The summed E-state index contributed by atoms with van der Waals surface area (Å²) >= 11 is 0. The molecule has 0 bridgehead atoms. The van der Waals surface area contributed by atoms with E-state index in [0.29, 0.717) is 29.9 Å². The van der Waals surface area contributed by atoms with Crippen LogP contribution in [0.3, 0.4) is 0 Å². The van der Waals surface area contributed by atoms with E-state index in [2.05, 4.69) is 20.6 Å². The molecule has 6 nitrogen and oxygen atoms in total. The van der Waals surface area contributed by atoms with Crippen molar-refractivity contribution in [3.8, 4) is 11.1 Å². The first-order valence-corrected chi connectivity index (χ1v) is 10.8. The molecule has 1 spiro atoms. The van der Waals surface area contributed by atoms with Crippen molar-refractivity contribution in [1.82, 2.24) is 9.97 Å². The largest absolute Gasteiger partial charge is 0.321 e. The Balaban J connectivity index is 1.25. The summed E-state index contributed by atoms with van der Waals surface area (Å²) in [6, 6.07) is 21.3. The number of aromatic nitrogens is 2. The molecule has 2 N–H and O–H groups in total. The fourth-order valence-electron chi connectivity index (χ4n) is 4.91. The predicted molar refractivity (Wildman–Crippen MR) is 126 cm³/mol. The monoisotopic (exact) mass is 432 g/mol. The number of benzene rings is 2. The maximum absolute atomic E-state index is 13.0. The average molecular weight is 432 g/mol. The summed E-state index contributed by atoms with van der Waals surface area (Å²) in [5, 5.41) is 5.87. The molecular formula is C27H20N4O2. The zero-order valence-corrected chi connectivity index (χ0v) is 17.7. The van der Waals surface area contributed by atoms with E-state index in [4.69, 9.17) is 0 Å². The van der Waals surface area contributed by atoms with Gasteiger partial charge in [0.2, 0.25) is 5.91 Å². The van der Waals surface area contributed by atoms with Gasteiger partial charge >= 0.3 is 0 Å². The quantitative estimate of drug-likeness (QED) is 0.503. The third-order valence-corrected chi connectivity index (χ3v) is 6.55. The highest BCUT2D eigenvalue weighted by Crippen LogP contribution is 2.46. The molecule has 6 rings (SSSR count). The van der Waals surface area contributed by atoms with Gasteiger partial charge < -0.3 is 10.6 Å². The second-order valence-electron chi connectivity index (χ2n) is 8.56. The lowest BCUT2D eigenvalue weighted by Crippen LogP contribution is -2.35. The standard InChI is InChI=1S/C27H20N4O2/c32-25(30-22-12-21(15-28-16-22)17-5-2-1-3-6-17)18-8-9-19-13-27(14-20(19)11-18)23-7-4-10-29-24(23)31-26(27)33/h1-12,15-16H,13-14H2,(H,30,32)(H,29,31,33). The lowest BCUT2D eigenvalue weighted by atomic mass is 9.79. The number of nitrogens with zero attached hydrogens (tertiary/aromatic N) is 2. The number of fused-ring (bicyclic) bond motifs is 3. The van der Waals surface area contributed by atoms with Crippen LogP contribution in [0.15, 0.2) is 85.3 Å². The van der Waals surface area contributed by atoms with Crippen LogP contribution in [0.5, 0.6) is 0 Å². The van der Waals surface area contributed by atoms with Crippen LogP contribution in [-0.2, 0) is 23.1 Å². The van der Waals surface area contributed by atoms with Gasteiger partial charge in [0.15, 0.2) is 0 Å². The van der Waals surface area contributed by atoms with Crippen LogP contribution in [0.2, 0.25) is 0 Å². The Kier molecular flexibility index (Phi) is 4.33. The molecule has 0 radical (unpaired) electrons. The number of pyridine rings is 2. The molecule has 2 aromatic carbocycles. The fraction of sp³-hybridized carbons (Fsp3) is 0.111. The molecule has 1 atom stereocenters. The molecular weight excluding hydrogens is 412 g/mol. The maximum Gasteiger partial charge on any atom is 0.255 e. The molecule has 2 aromatic heterocycles. The Morgan fingerprint density at radius 2 is 1.76 bits per heavy atom. The molecule has 1 unspecified atom stereocenters. The summed E-state index contributed by atoms with van der Waals surface area (Å²) in [6.07, 6.45) is 6.26. The van der Waals surface area contributed by atoms with E-state index in [-0.39, 0.29) is 11.8 Å². The second kappa shape index (κ2) is 7.38. The van der Waals surface area contributed by atoms with E-state index in [1.165, 1.54) is 0 Å². The molecule has 3 heterocycles. The van der Waals surface area contributed by atoms with Gasteiger partial charge in [-0.05, 0) is 53.8 Å². The molecule has 2 amide bonds. The van der Waals surface area contributed by atoms with E-state index in [0.717, 1.165) is 27.8 Å². The fourth-order valence-corrected chi connectivity index (χ4v) is 4.91. The van der Waals surface area contributed by atoms with Crippen LogP contribution in [0.1, 0.15) is 27.0 Å². The molecule has 1 aliphatic carbocycles. The first kappa shape index (κ1) is 19.4. The van der Waals surface area contributed by atoms with Gasteiger partial charge in [0.1, 0.15) is 5.82 Å². The van der Waals surface area contributed by atoms with Gasteiger partial charge in [-0.15, -0.1) is 0 Å². The minimum atomic E-state index is -0.644. The maximum atomic E-state index is 13.0. The number of nitrogens with one attached hydrogen (secondary N) is 2. The molecule has 0 saturated heterocycles. The molecule has 0 fully saturated rings. The zero-order chi connectivity index (χ0) is 22.4. The Labute approximate surface area is 190 Å². The highest BCUT2D eigenvalue weighted by Gasteiger charge is 2.51. The normalized spacial score (nSPS) is 18.0. The first-order valence-electron chi connectivity index (χ1n) is 10.8. The average Bonchev–Trinajstić information content (AvgIpc) is 3.37. The Bertz CT molecular complexity index is 1420. The molecule has 1 aliphatic heterocycles. The number of hydrogen-bond donors (Lipinski definition) is 2. The van der Waals surface area contributed by atoms with Crippen molar-refractivity contribution in [2.45, 2.75) is 18.3 Å². The van der Waals surface area contributed by atoms with Gasteiger partial charge in [0, 0.05) is 29.1 Å². The number of hydrogen-bond acceptors (Lipinski definition) is 4. The summed E-state index contributed by atoms with van der Waals surface area (Å²) < 4.78 is 0. The minimum Gasteiger partial charge on any atom is -0.321 e. The van der Waals surface area contributed by atoms with Crippen molar-refractivity contribution < 1.29 is 9.59 Å². The number of rotatable bonds is 3. The van der Waals surface area contributed by atoms with E-state index >= 15 is 0 Å². The molecule has 6 heteroatoms. The van der Waals surface area contributed by atoms with Crippen LogP contribution in [0.4, 0.5) is 11.5 Å². The van der Waals surface area contributed by atoms with Gasteiger partial charge in [-0.3, -0.25) is 14.6 Å². The van der Waals surface area contributed by atoms with Crippen molar-refractivity contribution in [2.24, 2.45) is 0 Å². The summed E-state index contributed by atoms with van der Waals surface area (Å²) in [4.78, 5) is 34.5. The summed E-state index contributed by atoms with van der Waals surface area (Å²) in [5.74, 6) is 0.407.